The zero-order valence-corrected chi connectivity index (χ0v) is 10.5. The van der Waals surface area contributed by atoms with E-state index in [4.69, 9.17) is 0 Å². The molecule has 0 bridgehead atoms. The van der Waals surface area contributed by atoms with Crippen LogP contribution in [0.25, 0.3) is 0 Å². The van der Waals surface area contributed by atoms with Crippen molar-refractivity contribution in [3.05, 3.63) is 66.4 Å². The van der Waals surface area contributed by atoms with Crippen LogP contribution in [-0.4, -0.2) is 9.97 Å². The lowest BCUT2D eigenvalue weighted by molar-refractivity contribution is 0.560. The average Bonchev–Trinajstić information content (AvgIpc) is 2.30. The van der Waals surface area contributed by atoms with Gasteiger partial charge in [0, 0.05) is 17.7 Å². The van der Waals surface area contributed by atoms with Gasteiger partial charge in [-0.05, 0) is 28.1 Å². The SMILES string of the molecule is O=c1[nH]c(Cc2c(F)cccc2F)c(Br)c(=O)[nH]1. The second kappa shape index (κ2) is 4.85. The van der Waals surface area contributed by atoms with E-state index in [-0.39, 0.29) is 22.2 Å². The smallest absolute Gasteiger partial charge is 0.310 e. The van der Waals surface area contributed by atoms with Crippen LogP contribution in [0.2, 0.25) is 0 Å². The highest BCUT2D eigenvalue weighted by Gasteiger charge is 2.13. The van der Waals surface area contributed by atoms with E-state index >= 15 is 0 Å². The van der Waals surface area contributed by atoms with Gasteiger partial charge in [0.15, 0.2) is 0 Å². The number of nitrogens with one attached hydrogen (secondary N) is 2. The third-order valence-electron chi connectivity index (χ3n) is 2.37. The van der Waals surface area contributed by atoms with Crippen LogP contribution in [0, 0.1) is 11.6 Å². The van der Waals surface area contributed by atoms with Crippen LogP contribution in [0.5, 0.6) is 0 Å². The van der Waals surface area contributed by atoms with E-state index in [2.05, 4.69) is 20.9 Å². The monoisotopic (exact) mass is 316 g/mol. The maximum atomic E-state index is 13.4. The summed E-state index contributed by atoms with van der Waals surface area (Å²) in [5, 5.41) is 0. The molecule has 18 heavy (non-hydrogen) atoms. The topological polar surface area (TPSA) is 65.7 Å². The summed E-state index contributed by atoms with van der Waals surface area (Å²) in [5.74, 6) is -1.47. The lowest BCUT2D eigenvalue weighted by Gasteiger charge is -2.06. The minimum Gasteiger partial charge on any atom is -0.310 e. The summed E-state index contributed by atoms with van der Waals surface area (Å²) in [5.41, 5.74) is -1.47. The largest absolute Gasteiger partial charge is 0.325 e. The minimum atomic E-state index is -0.733. The van der Waals surface area contributed by atoms with Crippen LogP contribution in [0.4, 0.5) is 8.78 Å². The van der Waals surface area contributed by atoms with E-state index < -0.39 is 22.9 Å². The standard InChI is InChI=1S/C11H7BrF2N2O2/c12-9-8(15-11(18)16-10(9)17)4-5-6(13)2-1-3-7(5)14/h1-3H,4H2,(H2,15,16,17,18). The van der Waals surface area contributed by atoms with Crippen molar-refractivity contribution in [2.45, 2.75) is 6.42 Å². The van der Waals surface area contributed by atoms with Crippen LogP contribution in [-0.2, 0) is 6.42 Å². The number of hydrogen-bond donors (Lipinski definition) is 2. The van der Waals surface area contributed by atoms with E-state index in [9.17, 15) is 18.4 Å². The Balaban J connectivity index is 2.53. The summed E-state index contributed by atoms with van der Waals surface area (Å²) in [6.07, 6.45) is -0.224. The Labute approximate surface area is 108 Å². The first-order chi connectivity index (χ1) is 8.49. The Hall–Kier alpha value is -1.76. The highest BCUT2D eigenvalue weighted by Crippen LogP contribution is 2.18. The predicted molar refractivity (Wildman–Crippen MR) is 64.5 cm³/mol. The Morgan fingerprint density at radius 3 is 2.33 bits per heavy atom. The van der Waals surface area contributed by atoms with Gasteiger partial charge in [0.2, 0.25) is 0 Å². The molecule has 0 radical (unpaired) electrons. The lowest BCUT2D eigenvalue weighted by atomic mass is 10.1. The van der Waals surface area contributed by atoms with Crippen LogP contribution in [0.15, 0.2) is 32.3 Å². The number of aromatic nitrogens is 2. The number of rotatable bonds is 2. The Morgan fingerprint density at radius 2 is 1.72 bits per heavy atom. The Bertz CT molecular complexity index is 689. The van der Waals surface area contributed by atoms with E-state index in [1.54, 1.807) is 0 Å². The molecule has 0 saturated carbocycles. The molecule has 0 saturated heterocycles. The van der Waals surface area contributed by atoms with Gasteiger partial charge < -0.3 is 4.98 Å². The van der Waals surface area contributed by atoms with E-state index in [1.807, 2.05) is 4.98 Å². The molecule has 1 aromatic carbocycles. The first kappa shape index (κ1) is 12.7. The van der Waals surface area contributed by atoms with Crippen molar-refractivity contribution < 1.29 is 8.78 Å². The van der Waals surface area contributed by atoms with E-state index in [1.165, 1.54) is 6.07 Å². The molecule has 0 fully saturated rings. The second-order valence-corrected chi connectivity index (χ2v) is 4.37. The van der Waals surface area contributed by atoms with Crippen molar-refractivity contribution in [1.29, 1.82) is 0 Å². The fourth-order valence-corrected chi connectivity index (χ4v) is 1.86. The molecule has 4 nitrogen and oxygen atoms in total. The summed E-state index contributed by atoms with van der Waals surface area (Å²) in [7, 11) is 0. The van der Waals surface area contributed by atoms with Gasteiger partial charge in [-0.2, -0.15) is 0 Å². The zero-order valence-electron chi connectivity index (χ0n) is 8.89. The molecule has 94 valence electrons. The number of H-pyrrole nitrogens is 2. The summed E-state index contributed by atoms with van der Waals surface area (Å²) < 4.78 is 26.9. The molecule has 0 aliphatic rings. The predicted octanol–water partition coefficient (Wildman–Crippen LogP) is 1.69. The molecule has 1 heterocycles. The number of benzene rings is 1. The number of halogens is 3. The fourth-order valence-electron chi connectivity index (χ4n) is 1.52. The number of aromatic amines is 2. The molecular weight excluding hydrogens is 310 g/mol. The van der Waals surface area contributed by atoms with Crippen LogP contribution in [0.1, 0.15) is 11.3 Å². The van der Waals surface area contributed by atoms with Gasteiger partial charge in [-0.1, -0.05) is 6.07 Å². The summed E-state index contributed by atoms with van der Waals surface area (Å²) in [6, 6.07) is 3.46. The molecule has 7 heteroatoms. The zero-order chi connectivity index (χ0) is 13.3. The van der Waals surface area contributed by atoms with Crippen molar-refractivity contribution in [3.63, 3.8) is 0 Å². The highest BCUT2D eigenvalue weighted by molar-refractivity contribution is 9.10. The maximum absolute atomic E-state index is 13.4. The van der Waals surface area contributed by atoms with Gasteiger partial charge in [0.25, 0.3) is 5.56 Å². The fraction of sp³-hybridized carbons (Fsp3) is 0.0909. The van der Waals surface area contributed by atoms with Crippen molar-refractivity contribution in [2.75, 3.05) is 0 Å². The summed E-state index contributed by atoms with van der Waals surface area (Å²) in [4.78, 5) is 26.7. The van der Waals surface area contributed by atoms with Crippen LogP contribution in [0.3, 0.4) is 0 Å². The first-order valence-electron chi connectivity index (χ1n) is 4.93. The normalized spacial score (nSPS) is 10.6. The van der Waals surface area contributed by atoms with Crippen molar-refractivity contribution in [2.24, 2.45) is 0 Å². The average molecular weight is 317 g/mol. The molecule has 0 amide bonds. The van der Waals surface area contributed by atoms with Crippen molar-refractivity contribution in [1.82, 2.24) is 9.97 Å². The van der Waals surface area contributed by atoms with Gasteiger partial charge in [0.1, 0.15) is 16.1 Å². The Morgan fingerprint density at radius 1 is 1.11 bits per heavy atom. The number of hydrogen-bond acceptors (Lipinski definition) is 2. The molecule has 0 unspecified atom stereocenters. The lowest BCUT2D eigenvalue weighted by Crippen LogP contribution is -2.25. The quantitative estimate of drug-likeness (QED) is 0.885. The van der Waals surface area contributed by atoms with E-state index in [0.717, 1.165) is 12.1 Å². The molecule has 0 spiro atoms. The van der Waals surface area contributed by atoms with Crippen LogP contribution >= 0.6 is 15.9 Å². The van der Waals surface area contributed by atoms with Gasteiger partial charge in [-0.3, -0.25) is 9.78 Å². The molecule has 0 aliphatic carbocycles. The second-order valence-electron chi connectivity index (χ2n) is 3.58. The first-order valence-corrected chi connectivity index (χ1v) is 5.72. The molecule has 1 aromatic heterocycles. The van der Waals surface area contributed by atoms with E-state index in [0.29, 0.717) is 0 Å². The maximum Gasteiger partial charge on any atom is 0.325 e. The Kier molecular flexibility index (Phi) is 3.42. The van der Waals surface area contributed by atoms with Crippen molar-refractivity contribution in [3.8, 4) is 0 Å². The molecule has 2 N–H and O–H groups in total. The summed E-state index contributed by atoms with van der Waals surface area (Å²) >= 11 is 2.96. The molecular formula is C11H7BrF2N2O2. The van der Waals surface area contributed by atoms with Crippen molar-refractivity contribution >= 4 is 15.9 Å². The molecule has 0 atom stereocenters. The van der Waals surface area contributed by atoms with Gasteiger partial charge >= 0.3 is 5.69 Å². The van der Waals surface area contributed by atoms with Gasteiger partial charge in [-0.15, -0.1) is 0 Å². The van der Waals surface area contributed by atoms with Gasteiger partial charge in [-0.25, -0.2) is 13.6 Å². The van der Waals surface area contributed by atoms with Gasteiger partial charge in [0.05, 0.1) is 0 Å². The van der Waals surface area contributed by atoms with Crippen LogP contribution < -0.4 is 11.2 Å². The minimum absolute atomic E-state index is 0.0461. The third kappa shape index (κ3) is 2.40. The molecule has 0 aliphatic heterocycles. The third-order valence-corrected chi connectivity index (χ3v) is 3.21. The summed E-state index contributed by atoms with van der Waals surface area (Å²) in [6.45, 7) is 0. The highest BCUT2D eigenvalue weighted by atomic mass is 79.9. The molecule has 2 aromatic rings. The molecule has 2 rings (SSSR count).